The van der Waals surface area contributed by atoms with E-state index in [2.05, 4.69) is 5.32 Å². The summed E-state index contributed by atoms with van der Waals surface area (Å²) in [6.07, 6.45) is 1.42. The molecule has 0 aliphatic rings. The Labute approximate surface area is 131 Å². The number of nitrogens with one attached hydrogen (secondary N) is 1. The normalized spacial score (nSPS) is 14.0. The molecule has 0 aliphatic carbocycles. The summed E-state index contributed by atoms with van der Waals surface area (Å²) in [6.45, 7) is 5.68. The monoisotopic (exact) mass is 311 g/mol. The van der Waals surface area contributed by atoms with Crippen molar-refractivity contribution in [2.24, 2.45) is 0 Å². The summed E-state index contributed by atoms with van der Waals surface area (Å²) < 4.78 is 5.31. The molecule has 0 radical (unpaired) electrons. The summed E-state index contributed by atoms with van der Waals surface area (Å²) in [7, 11) is 1.66. The van der Waals surface area contributed by atoms with Gasteiger partial charge in [-0.05, 0) is 51.5 Å². The average Bonchev–Trinajstić information content (AvgIpc) is 2.43. The number of aliphatic carboxylic acids is 1. The highest BCUT2D eigenvalue weighted by molar-refractivity contribution is 7.99. The van der Waals surface area contributed by atoms with Crippen molar-refractivity contribution >= 4 is 17.7 Å². The highest BCUT2D eigenvalue weighted by Crippen LogP contribution is 2.30. The van der Waals surface area contributed by atoms with E-state index in [4.69, 9.17) is 4.74 Å². The standard InChI is InChI=1S/C16H25NO3S/c1-12(2)17-16(3,15(18)19)10-7-11-21-14-9-6-5-8-13(14)20-4/h5-6,8-9,12,17H,7,10-11H2,1-4H3,(H,18,19). The van der Waals surface area contributed by atoms with Crippen LogP contribution in [-0.2, 0) is 4.79 Å². The van der Waals surface area contributed by atoms with E-state index in [-0.39, 0.29) is 6.04 Å². The number of para-hydroxylation sites is 1. The van der Waals surface area contributed by atoms with Crippen molar-refractivity contribution in [3.05, 3.63) is 24.3 Å². The van der Waals surface area contributed by atoms with E-state index >= 15 is 0 Å². The van der Waals surface area contributed by atoms with E-state index < -0.39 is 11.5 Å². The second-order valence-corrected chi connectivity index (χ2v) is 6.68. The predicted molar refractivity (Wildman–Crippen MR) is 87.3 cm³/mol. The number of ether oxygens (including phenoxy) is 1. The third-order valence-corrected chi connectivity index (χ3v) is 4.37. The SMILES string of the molecule is COc1ccccc1SCCCC(C)(NC(C)C)C(=O)O. The summed E-state index contributed by atoms with van der Waals surface area (Å²) >= 11 is 1.70. The summed E-state index contributed by atoms with van der Waals surface area (Å²) in [5.41, 5.74) is -0.866. The topological polar surface area (TPSA) is 58.6 Å². The number of methoxy groups -OCH3 is 1. The smallest absolute Gasteiger partial charge is 0.323 e. The van der Waals surface area contributed by atoms with Crippen LogP contribution in [0, 0.1) is 0 Å². The molecule has 5 heteroatoms. The molecule has 1 aromatic carbocycles. The van der Waals surface area contributed by atoms with Crippen molar-refractivity contribution in [3.8, 4) is 5.75 Å². The summed E-state index contributed by atoms with van der Waals surface area (Å²) in [5.74, 6) is 0.936. The van der Waals surface area contributed by atoms with Crippen LogP contribution in [0.15, 0.2) is 29.2 Å². The van der Waals surface area contributed by atoms with Crippen LogP contribution in [0.4, 0.5) is 0 Å². The largest absolute Gasteiger partial charge is 0.496 e. The van der Waals surface area contributed by atoms with Gasteiger partial charge in [0.05, 0.1) is 7.11 Å². The maximum Gasteiger partial charge on any atom is 0.323 e. The number of carbonyl (C=O) groups is 1. The number of hydrogen-bond acceptors (Lipinski definition) is 4. The van der Waals surface area contributed by atoms with E-state index in [0.29, 0.717) is 6.42 Å². The van der Waals surface area contributed by atoms with Gasteiger partial charge >= 0.3 is 5.97 Å². The van der Waals surface area contributed by atoms with Crippen LogP contribution < -0.4 is 10.1 Å². The molecule has 0 saturated carbocycles. The van der Waals surface area contributed by atoms with Gasteiger partial charge in [-0.3, -0.25) is 10.1 Å². The Morgan fingerprint density at radius 1 is 1.43 bits per heavy atom. The maximum atomic E-state index is 11.4. The van der Waals surface area contributed by atoms with Gasteiger partial charge in [-0.1, -0.05) is 12.1 Å². The zero-order valence-corrected chi connectivity index (χ0v) is 14.0. The van der Waals surface area contributed by atoms with Crippen LogP contribution in [0.2, 0.25) is 0 Å². The van der Waals surface area contributed by atoms with Gasteiger partial charge in [0.15, 0.2) is 0 Å². The lowest BCUT2D eigenvalue weighted by molar-refractivity contribution is -0.144. The molecule has 21 heavy (non-hydrogen) atoms. The minimum atomic E-state index is -0.866. The molecular formula is C16H25NO3S. The van der Waals surface area contributed by atoms with Crippen molar-refractivity contribution in [2.75, 3.05) is 12.9 Å². The quantitative estimate of drug-likeness (QED) is 0.540. The zero-order chi connectivity index (χ0) is 15.9. The molecule has 1 unspecified atom stereocenters. The second-order valence-electron chi connectivity index (χ2n) is 5.54. The summed E-state index contributed by atoms with van der Waals surface area (Å²) in [5, 5.41) is 12.5. The van der Waals surface area contributed by atoms with Gasteiger partial charge in [-0.15, -0.1) is 11.8 Å². The van der Waals surface area contributed by atoms with Crippen molar-refractivity contribution in [1.29, 1.82) is 0 Å². The zero-order valence-electron chi connectivity index (χ0n) is 13.2. The number of carboxylic acids is 1. The number of carboxylic acid groups (broad SMARTS) is 1. The first-order chi connectivity index (χ1) is 9.89. The van der Waals surface area contributed by atoms with Crippen molar-refractivity contribution in [2.45, 2.75) is 50.1 Å². The number of benzene rings is 1. The first-order valence-electron chi connectivity index (χ1n) is 7.16. The Morgan fingerprint density at radius 3 is 2.67 bits per heavy atom. The van der Waals surface area contributed by atoms with Gasteiger partial charge in [-0.2, -0.15) is 0 Å². The molecule has 1 atom stereocenters. The molecule has 0 aromatic heterocycles. The molecular weight excluding hydrogens is 286 g/mol. The van der Waals surface area contributed by atoms with Crippen LogP contribution in [0.25, 0.3) is 0 Å². The number of hydrogen-bond donors (Lipinski definition) is 2. The maximum absolute atomic E-state index is 11.4. The Balaban J connectivity index is 2.50. The third kappa shape index (κ3) is 5.59. The van der Waals surface area contributed by atoms with E-state index in [1.807, 2.05) is 38.1 Å². The van der Waals surface area contributed by atoms with Gasteiger partial charge in [0.2, 0.25) is 0 Å². The van der Waals surface area contributed by atoms with Gasteiger partial charge < -0.3 is 9.84 Å². The minimum absolute atomic E-state index is 0.146. The van der Waals surface area contributed by atoms with Crippen LogP contribution in [0.1, 0.15) is 33.6 Å². The van der Waals surface area contributed by atoms with Gasteiger partial charge in [0.25, 0.3) is 0 Å². The Bertz CT molecular complexity index is 465. The fraction of sp³-hybridized carbons (Fsp3) is 0.562. The molecule has 0 heterocycles. The Hall–Kier alpha value is -1.20. The number of rotatable bonds is 9. The molecule has 0 bridgehead atoms. The molecule has 0 fully saturated rings. The lowest BCUT2D eigenvalue weighted by Crippen LogP contribution is -2.52. The van der Waals surface area contributed by atoms with Gasteiger partial charge in [0, 0.05) is 10.9 Å². The van der Waals surface area contributed by atoms with Crippen molar-refractivity contribution in [1.82, 2.24) is 5.32 Å². The molecule has 0 amide bonds. The molecule has 4 nitrogen and oxygen atoms in total. The average molecular weight is 311 g/mol. The lowest BCUT2D eigenvalue weighted by Gasteiger charge is -2.28. The number of thioether (sulfide) groups is 1. The molecule has 118 valence electrons. The highest BCUT2D eigenvalue weighted by Gasteiger charge is 2.32. The van der Waals surface area contributed by atoms with Crippen LogP contribution >= 0.6 is 11.8 Å². The van der Waals surface area contributed by atoms with Crippen molar-refractivity contribution < 1.29 is 14.6 Å². The van der Waals surface area contributed by atoms with Crippen molar-refractivity contribution in [3.63, 3.8) is 0 Å². The Morgan fingerprint density at radius 2 is 2.10 bits per heavy atom. The first kappa shape index (κ1) is 17.9. The molecule has 2 N–H and O–H groups in total. The molecule has 0 spiro atoms. The van der Waals surface area contributed by atoms with Gasteiger partial charge in [-0.25, -0.2) is 0 Å². The molecule has 1 rings (SSSR count). The second kappa shape index (κ2) is 8.29. The summed E-state index contributed by atoms with van der Waals surface area (Å²) in [4.78, 5) is 12.5. The van der Waals surface area contributed by atoms with E-state index in [1.54, 1.807) is 25.8 Å². The first-order valence-corrected chi connectivity index (χ1v) is 8.14. The molecule has 0 saturated heterocycles. The summed E-state index contributed by atoms with van der Waals surface area (Å²) in [6, 6.07) is 8.02. The van der Waals surface area contributed by atoms with Crippen LogP contribution in [0.3, 0.4) is 0 Å². The minimum Gasteiger partial charge on any atom is -0.496 e. The van der Waals surface area contributed by atoms with E-state index in [9.17, 15) is 9.90 Å². The van der Waals surface area contributed by atoms with E-state index in [0.717, 1.165) is 22.8 Å². The highest BCUT2D eigenvalue weighted by atomic mass is 32.2. The van der Waals surface area contributed by atoms with E-state index in [1.165, 1.54) is 0 Å². The van der Waals surface area contributed by atoms with Gasteiger partial charge in [0.1, 0.15) is 11.3 Å². The van der Waals surface area contributed by atoms with Crippen LogP contribution in [0.5, 0.6) is 5.75 Å². The predicted octanol–water partition coefficient (Wildman–Crippen LogP) is 3.41. The molecule has 0 aliphatic heterocycles. The lowest BCUT2D eigenvalue weighted by atomic mass is 9.95. The third-order valence-electron chi connectivity index (χ3n) is 3.23. The fourth-order valence-electron chi connectivity index (χ4n) is 2.22. The fourth-order valence-corrected chi connectivity index (χ4v) is 3.20. The van der Waals surface area contributed by atoms with Crippen LogP contribution in [-0.4, -0.2) is 35.5 Å². The molecule has 1 aromatic rings. The Kier molecular flexibility index (Phi) is 7.05.